The van der Waals surface area contributed by atoms with Gasteiger partial charge in [-0.05, 0) is 25.3 Å². The first-order valence-electron chi connectivity index (χ1n) is 6.40. The van der Waals surface area contributed by atoms with Gasteiger partial charge < -0.3 is 9.88 Å². The van der Waals surface area contributed by atoms with Gasteiger partial charge in [0.2, 0.25) is 5.91 Å². The van der Waals surface area contributed by atoms with Gasteiger partial charge in [-0.2, -0.15) is 11.8 Å². The lowest BCUT2D eigenvalue weighted by atomic mass is 10.3. The molecule has 1 aromatic heterocycles. The van der Waals surface area contributed by atoms with Gasteiger partial charge in [0.15, 0.2) is 0 Å². The zero-order valence-electron chi connectivity index (χ0n) is 11.3. The minimum absolute atomic E-state index is 0.122. The molecular weight excluding hydrogens is 258 g/mol. The van der Waals surface area contributed by atoms with E-state index >= 15 is 0 Å². The molecule has 0 fully saturated rings. The molecule has 0 spiro atoms. The number of amides is 1. The second-order valence-electron chi connectivity index (χ2n) is 4.39. The molecule has 0 bridgehead atoms. The molecule has 1 aromatic carbocycles. The SMILES string of the molecule is CSCCC(=O)NCCn1c(C)nc2ccccc21. The van der Waals surface area contributed by atoms with Crippen LogP contribution in [-0.4, -0.2) is 34.0 Å². The van der Waals surface area contributed by atoms with E-state index in [1.54, 1.807) is 11.8 Å². The van der Waals surface area contributed by atoms with Gasteiger partial charge in [-0.3, -0.25) is 4.79 Å². The number of rotatable bonds is 6. The number of hydrogen-bond acceptors (Lipinski definition) is 3. The zero-order chi connectivity index (χ0) is 13.7. The highest BCUT2D eigenvalue weighted by atomic mass is 32.2. The molecule has 0 atom stereocenters. The Morgan fingerprint density at radius 3 is 3.00 bits per heavy atom. The number of fused-ring (bicyclic) bond motifs is 1. The average Bonchev–Trinajstić information content (AvgIpc) is 2.73. The first-order chi connectivity index (χ1) is 9.22. The fourth-order valence-corrected chi connectivity index (χ4v) is 2.46. The normalized spacial score (nSPS) is 10.8. The molecule has 1 heterocycles. The molecule has 1 amide bonds. The summed E-state index contributed by atoms with van der Waals surface area (Å²) in [6, 6.07) is 8.07. The largest absolute Gasteiger partial charge is 0.354 e. The molecule has 1 N–H and O–H groups in total. The van der Waals surface area contributed by atoms with Crippen LogP contribution >= 0.6 is 11.8 Å². The van der Waals surface area contributed by atoms with Crippen LogP contribution in [0.3, 0.4) is 0 Å². The minimum atomic E-state index is 0.122. The molecule has 102 valence electrons. The van der Waals surface area contributed by atoms with E-state index in [0.29, 0.717) is 13.0 Å². The molecule has 2 rings (SSSR count). The van der Waals surface area contributed by atoms with Crippen molar-refractivity contribution in [2.24, 2.45) is 0 Å². The van der Waals surface area contributed by atoms with Crippen molar-refractivity contribution in [1.82, 2.24) is 14.9 Å². The van der Waals surface area contributed by atoms with Gasteiger partial charge in [0, 0.05) is 25.3 Å². The Morgan fingerprint density at radius 1 is 1.42 bits per heavy atom. The number of aryl methyl sites for hydroxylation is 1. The number of benzene rings is 1. The molecule has 4 nitrogen and oxygen atoms in total. The number of nitrogens with zero attached hydrogens (tertiary/aromatic N) is 2. The van der Waals surface area contributed by atoms with E-state index in [1.165, 1.54) is 0 Å². The summed E-state index contributed by atoms with van der Waals surface area (Å²) in [6.07, 6.45) is 2.60. The van der Waals surface area contributed by atoms with Gasteiger partial charge in [-0.1, -0.05) is 12.1 Å². The van der Waals surface area contributed by atoms with Crippen LogP contribution in [0, 0.1) is 6.92 Å². The van der Waals surface area contributed by atoms with Gasteiger partial charge in [0.05, 0.1) is 11.0 Å². The van der Waals surface area contributed by atoms with Crippen LogP contribution in [0.2, 0.25) is 0 Å². The van der Waals surface area contributed by atoms with Crippen LogP contribution in [0.25, 0.3) is 11.0 Å². The van der Waals surface area contributed by atoms with Crippen molar-refractivity contribution in [3.05, 3.63) is 30.1 Å². The molecule has 0 saturated carbocycles. The number of nitrogens with one attached hydrogen (secondary N) is 1. The van der Waals surface area contributed by atoms with Crippen LogP contribution in [0.4, 0.5) is 0 Å². The standard InChI is InChI=1S/C14H19N3OS/c1-11-16-12-5-3-4-6-13(12)17(11)9-8-15-14(18)7-10-19-2/h3-6H,7-10H2,1-2H3,(H,15,18). The lowest BCUT2D eigenvalue weighted by Gasteiger charge is -2.08. The van der Waals surface area contributed by atoms with Crippen LogP contribution in [-0.2, 0) is 11.3 Å². The van der Waals surface area contributed by atoms with E-state index in [0.717, 1.165) is 29.2 Å². The molecule has 0 aliphatic carbocycles. The predicted octanol–water partition coefficient (Wildman–Crippen LogP) is 2.21. The van der Waals surface area contributed by atoms with Crippen LogP contribution in [0.15, 0.2) is 24.3 Å². The van der Waals surface area contributed by atoms with Crippen molar-refractivity contribution in [3.8, 4) is 0 Å². The Hall–Kier alpha value is -1.49. The Morgan fingerprint density at radius 2 is 2.21 bits per heavy atom. The molecule has 0 aliphatic heterocycles. The van der Waals surface area contributed by atoms with Crippen molar-refractivity contribution in [3.63, 3.8) is 0 Å². The van der Waals surface area contributed by atoms with Crippen molar-refractivity contribution >= 4 is 28.7 Å². The highest BCUT2D eigenvalue weighted by molar-refractivity contribution is 7.98. The highest BCUT2D eigenvalue weighted by Crippen LogP contribution is 2.14. The monoisotopic (exact) mass is 277 g/mol. The molecule has 0 saturated heterocycles. The summed E-state index contributed by atoms with van der Waals surface area (Å²) in [4.78, 5) is 16.0. The number of imidazole rings is 1. The summed E-state index contributed by atoms with van der Waals surface area (Å²) in [5.74, 6) is 1.98. The fraction of sp³-hybridized carbons (Fsp3) is 0.429. The minimum Gasteiger partial charge on any atom is -0.354 e. The number of aromatic nitrogens is 2. The van der Waals surface area contributed by atoms with Gasteiger partial charge in [0.25, 0.3) is 0 Å². The van der Waals surface area contributed by atoms with Gasteiger partial charge in [-0.15, -0.1) is 0 Å². The second kappa shape index (κ2) is 6.61. The topological polar surface area (TPSA) is 46.9 Å². The molecular formula is C14H19N3OS. The quantitative estimate of drug-likeness (QED) is 0.880. The van der Waals surface area contributed by atoms with E-state index in [2.05, 4.69) is 20.9 Å². The highest BCUT2D eigenvalue weighted by Gasteiger charge is 2.06. The number of para-hydroxylation sites is 2. The molecule has 0 unspecified atom stereocenters. The van der Waals surface area contributed by atoms with Gasteiger partial charge in [-0.25, -0.2) is 4.98 Å². The number of carbonyl (C=O) groups is 1. The predicted molar refractivity (Wildman–Crippen MR) is 80.5 cm³/mol. The summed E-state index contributed by atoms with van der Waals surface area (Å²) < 4.78 is 2.14. The zero-order valence-corrected chi connectivity index (χ0v) is 12.2. The Kier molecular flexibility index (Phi) is 4.85. The Labute approximate surface area is 117 Å². The van der Waals surface area contributed by atoms with Gasteiger partial charge >= 0.3 is 0 Å². The molecule has 5 heteroatoms. The van der Waals surface area contributed by atoms with Gasteiger partial charge in [0.1, 0.15) is 5.82 Å². The Bertz CT molecular complexity index is 565. The van der Waals surface area contributed by atoms with Crippen molar-refractivity contribution in [2.75, 3.05) is 18.6 Å². The first-order valence-corrected chi connectivity index (χ1v) is 7.79. The summed E-state index contributed by atoms with van der Waals surface area (Å²) in [7, 11) is 0. The second-order valence-corrected chi connectivity index (χ2v) is 5.38. The van der Waals surface area contributed by atoms with Crippen LogP contribution < -0.4 is 5.32 Å². The summed E-state index contributed by atoms with van der Waals surface area (Å²) in [5, 5.41) is 2.95. The molecule has 0 aliphatic rings. The number of thioether (sulfide) groups is 1. The molecule has 19 heavy (non-hydrogen) atoms. The van der Waals surface area contributed by atoms with Crippen molar-refractivity contribution in [1.29, 1.82) is 0 Å². The van der Waals surface area contributed by atoms with Crippen molar-refractivity contribution in [2.45, 2.75) is 19.9 Å². The van der Waals surface area contributed by atoms with E-state index < -0.39 is 0 Å². The summed E-state index contributed by atoms with van der Waals surface area (Å²) in [5.41, 5.74) is 2.13. The summed E-state index contributed by atoms with van der Waals surface area (Å²) in [6.45, 7) is 3.40. The van der Waals surface area contributed by atoms with E-state index in [-0.39, 0.29) is 5.91 Å². The maximum absolute atomic E-state index is 11.5. The van der Waals surface area contributed by atoms with E-state index in [9.17, 15) is 4.79 Å². The average molecular weight is 277 g/mol. The third kappa shape index (κ3) is 3.50. The fourth-order valence-electron chi connectivity index (χ4n) is 2.07. The smallest absolute Gasteiger partial charge is 0.220 e. The lowest BCUT2D eigenvalue weighted by Crippen LogP contribution is -2.27. The molecule has 2 aromatic rings. The van der Waals surface area contributed by atoms with Crippen LogP contribution in [0.5, 0.6) is 0 Å². The number of carbonyl (C=O) groups excluding carboxylic acids is 1. The third-order valence-corrected chi connectivity index (χ3v) is 3.65. The van der Waals surface area contributed by atoms with E-state index in [1.807, 2.05) is 31.4 Å². The van der Waals surface area contributed by atoms with Crippen LogP contribution in [0.1, 0.15) is 12.2 Å². The molecule has 0 radical (unpaired) electrons. The maximum atomic E-state index is 11.5. The van der Waals surface area contributed by atoms with Crippen molar-refractivity contribution < 1.29 is 4.79 Å². The maximum Gasteiger partial charge on any atom is 0.220 e. The Balaban J connectivity index is 1.94. The number of hydrogen-bond donors (Lipinski definition) is 1. The first kappa shape index (κ1) is 13.9. The summed E-state index contributed by atoms with van der Waals surface area (Å²) >= 11 is 1.69. The van der Waals surface area contributed by atoms with E-state index in [4.69, 9.17) is 0 Å². The lowest BCUT2D eigenvalue weighted by molar-refractivity contribution is -0.120. The third-order valence-electron chi connectivity index (χ3n) is 3.04.